The normalized spacial score (nSPS) is 27.9. The van der Waals surface area contributed by atoms with Crippen LogP contribution >= 0.6 is 0 Å². The predicted molar refractivity (Wildman–Crippen MR) is 61.5 cm³/mol. The number of piperidine rings is 1. The fraction of sp³-hybridized carbons (Fsp3) is 0.538. The number of nitrogens with zero attached hydrogens (tertiary/aromatic N) is 1. The SMILES string of the molecule is C[C@@H]1C[C@@H](O)CN(Cc2ccccc2)C1. The largest absolute Gasteiger partial charge is 0.392 e. The van der Waals surface area contributed by atoms with Crippen molar-refractivity contribution >= 4 is 0 Å². The van der Waals surface area contributed by atoms with Crippen molar-refractivity contribution < 1.29 is 5.11 Å². The molecule has 1 aromatic rings. The highest BCUT2D eigenvalue weighted by Gasteiger charge is 2.22. The summed E-state index contributed by atoms with van der Waals surface area (Å²) in [4.78, 5) is 2.34. The Labute approximate surface area is 91.5 Å². The zero-order valence-electron chi connectivity index (χ0n) is 9.26. The molecule has 0 spiro atoms. The molecular weight excluding hydrogens is 186 g/mol. The van der Waals surface area contributed by atoms with Crippen LogP contribution in [-0.4, -0.2) is 29.2 Å². The van der Waals surface area contributed by atoms with Gasteiger partial charge in [0.2, 0.25) is 0 Å². The van der Waals surface area contributed by atoms with Gasteiger partial charge in [-0.3, -0.25) is 4.90 Å². The minimum atomic E-state index is -0.141. The van der Waals surface area contributed by atoms with Crippen molar-refractivity contribution in [1.29, 1.82) is 0 Å². The van der Waals surface area contributed by atoms with Crippen molar-refractivity contribution in [2.75, 3.05) is 13.1 Å². The van der Waals surface area contributed by atoms with Gasteiger partial charge in [0.1, 0.15) is 0 Å². The van der Waals surface area contributed by atoms with E-state index in [0.717, 1.165) is 26.1 Å². The highest BCUT2D eigenvalue weighted by molar-refractivity contribution is 5.14. The van der Waals surface area contributed by atoms with Crippen LogP contribution in [0.4, 0.5) is 0 Å². The lowest BCUT2D eigenvalue weighted by atomic mass is 9.97. The van der Waals surface area contributed by atoms with Gasteiger partial charge in [-0.2, -0.15) is 0 Å². The zero-order chi connectivity index (χ0) is 10.7. The number of β-amino-alcohol motifs (C(OH)–C–C–N with tert-alkyl or cyclic N) is 1. The van der Waals surface area contributed by atoms with E-state index in [0.29, 0.717) is 5.92 Å². The molecule has 1 aromatic carbocycles. The smallest absolute Gasteiger partial charge is 0.0670 e. The van der Waals surface area contributed by atoms with E-state index in [4.69, 9.17) is 0 Å². The van der Waals surface area contributed by atoms with E-state index in [2.05, 4.69) is 36.1 Å². The number of hydrogen-bond acceptors (Lipinski definition) is 2. The Morgan fingerprint density at radius 2 is 2.00 bits per heavy atom. The Bertz CT molecular complexity index is 289. The van der Waals surface area contributed by atoms with Crippen LogP contribution < -0.4 is 0 Å². The van der Waals surface area contributed by atoms with Crippen molar-refractivity contribution in [3.63, 3.8) is 0 Å². The van der Waals surface area contributed by atoms with Crippen LogP contribution in [0.3, 0.4) is 0 Å². The fourth-order valence-electron chi connectivity index (χ4n) is 2.40. The number of aliphatic hydroxyl groups is 1. The van der Waals surface area contributed by atoms with Crippen molar-refractivity contribution in [3.8, 4) is 0 Å². The highest BCUT2D eigenvalue weighted by atomic mass is 16.3. The Kier molecular flexibility index (Phi) is 3.39. The number of aliphatic hydroxyl groups excluding tert-OH is 1. The zero-order valence-corrected chi connectivity index (χ0v) is 9.26. The third-order valence-corrected chi connectivity index (χ3v) is 2.96. The number of benzene rings is 1. The van der Waals surface area contributed by atoms with E-state index >= 15 is 0 Å². The molecular formula is C13H19NO. The van der Waals surface area contributed by atoms with Crippen molar-refractivity contribution in [3.05, 3.63) is 35.9 Å². The summed E-state index contributed by atoms with van der Waals surface area (Å²) in [7, 11) is 0. The summed E-state index contributed by atoms with van der Waals surface area (Å²) < 4.78 is 0. The molecule has 0 aliphatic carbocycles. The van der Waals surface area contributed by atoms with Gasteiger partial charge >= 0.3 is 0 Å². The third-order valence-electron chi connectivity index (χ3n) is 2.96. The van der Waals surface area contributed by atoms with Gasteiger partial charge in [-0.1, -0.05) is 37.3 Å². The van der Waals surface area contributed by atoms with Crippen LogP contribution in [0.15, 0.2) is 30.3 Å². The molecule has 82 valence electrons. The maximum absolute atomic E-state index is 9.69. The van der Waals surface area contributed by atoms with Crippen LogP contribution in [0.1, 0.15) is 18.9 Å². The molecule has 1 saturated heterocycles. The van der Waals surface area contributed by atoms with Crippen LogP contribution in [0.5, 0.6) is 0 Å². The van der Waals surface area contributed by atoms with E-state index in [9.17, 15) is 5.11 Å². The fourth-order valence-corrected chi connectivity index (χ4v) is 2.40. The molecule has 0 bridgehead atoms. The first kappa shape index (κ1) is 10.7. The molecule has 0 saturated carbocycles. The monoisotopic (exact) mass is 205 g/mol. The maximum Gasteiger partial charge on any atom is 0.0670 e. The first-order valence-electron chi connectivity index (χ1n) is 5.68. The second kappa shape index (κ2) is 4.77. The Balaban J connectivity index is 1.94. The van der Waals surface area contributed by atoms with Crippen molar-refractivity contribution in [2.24, 2.45) is 5.92 Å². The molecule has 0 unspecified atom stereocenters. The van der Waals surface area contributed by atoms with E-state index in [1.54, 1.807) is 0 Å². The molecule has 1 aliphatic rings. The molecule has 1 fully saturated rings. The topological polar surface area (TPSA) is 23.5 Å². The Morgan fingerprint density at radius 3 is 2.67 bits per heavy atom. The lowest BCUT2D eigenvalue weighted by molar-refractivity contribution is 0.0409. The molecule has 2 rings (SSSR count). The standard InChI is InChI=1S/C13H19NO/c1-11-7-13(15)10-14(8-11)9-12-5-3-2-4-6-12/h2-6,11,13,15H,7-10H2,1H3/t11-,13-/m1/s1. The predicted octanol–water partition coefficient (Wildman–Crippen LogP) is 1.89. The van der Waals surface area contributed by atoms with E-state index in [1.807, 2.05) is 6.07 Å². The molecule has 0 aromatic heterocycles. The third kappa shape index (κ3) is 3.05. The summed E-state index contributed by atoms with van der Waals surface area (Å²) >= 11 is 0. The van der Waals surface area contributed by atoms with Gasteiger partial charge in [-0.15, -0.1) is 0 Å². The molecule has 2 heteroatoms. The van der Waals surface area contributed by atoms with Crippen LogP contribution in [0.2, 0.25) is 0 Å². The van der Waals surface area contributed by atoms with Gasteiger partial charge in [-0.05, 0) is 17.9 Å². The minimum Gasteiger partial charge on any atom is -0.392 e. The lowest BCUT2D eigenvalue weighted by Crippen LogP contribution is -2.41. The van der Waals surface area contributed by atoms with Gasteiger partial charge < -0.3 is 5.11 Å². The van der Waals surface area contributed by atoms with Gasteiger partial charge in [0.15, 0.2) is 0 Å². The van der Waals surface area contributed by atoms with Crippen LogP contribution in [0.25, 0.3) is 0 Å². The summed E-state index contributed by atoms with van der Waals surface area (Å²) in [5, 5.41) is 9.69. The minimum absolute atomic E-state index is 0.141. The molecule has 1 aliphatic heterocycles. The van der Waals surface area contributed by atoms with Crippen LogP contribution in [-0.2, 0) is 6.54 Å². The van der Waals surface area contributed by atoms with Gasteiger partial charge in [0.25, 0.3) is 0 Å². The Morgan fingerprint density at radius 1 is 1.27 bits per heavy atom. The summed E-state index contributed by atoms with van der Waals surface area (Å²) in [6.07, 6.45) is 0.808. The molecule has 0 radical (unpaired) electrons. The van der Waals surface area contributed by atoms with E-state index in [1.165, 1.54) is 5.56 Å². The number of hydrogen-bond donors (Lipinski definition) is 1. The van der Waals surface area contributed by atoms with Crippen LogP contribution in [0, 0.1) is 5.92 Å². The first-order valence-corrected chi connectivity index (χ1v) is 5.68. The highest BCUT2D eigenvalue weighted by Crippen LogP contribution is 2.18. The number of likely N-dealkylation sites (tertiary alicyclic amines) is 1. The summed E-state index contributed by atoms with van der Waals surface area (Å²) in [6.45, 7) is 5.09. The summed E-state index contributed by atoms with van der Waals surface area (Å²) in [6, 6.07) is 10.5. The molecule has 2 nitrogen and oxygen atoms in total. The van der Waals surface area contributed by atoms with Gasteiger partial charge in [-0.25, -0.2) is 0 Å². The van der Waals surface area contributed by atoms with Gasteiger partial charge in [0, 0.05) is 19.6 Å². The van der Waals surface area contributed by atoms with Crippen molar-refractivity contribution in [2.45, 2.75) is 26.0 Å². The average molecular weight is 205 g/mol. The molecule has 15 heavy (non-hydrogen) atoms. The summed E-state index contributed by atoms with van der Waals surface area (Å²) in [5.74, 6) is 0.609. The second-order valence-corrected chi connectivity index (χ2v) is 4.67. The number of rotatable bonds is 2. The average Bonchev–Trinajstić information content (AvgIpc) is 2.17. The maximum atomic E-state index is 9.69. The van der Waals surface area contributed by atoms with E-state index < -0.39 is 0 Å². The molecule has 1 heterocycles. The molecule has 1 N–H and O–H groups in total. The Hall–Kier alpha value is -0.860. The quantitative estimate of drug-likeness (QED) is 0.797. The molecule has 0 amide bonds. The van der Waals surface area contributed by atoms with E-state index in [-0.39, 0.29) is 6.10 Å². The van der Waals surface area contributed by atoms with Crippen molar-refractivity contribution in [1.82, 2.24) is 4.90 Å². The first-order chi connectivity index (χ1) is 7.24. The van der Waals surface area contributed by atoms with Gasteiger partial charge in [0.05, 0.1) is 6.10 Å². The lowest BCUT2D eigenvalue weighted by Gasteiger charge is -2.34. The molecule has 2 atom stereocenters. The summed E-state index contributed by atoms with van der Waals surface area (Å²) in [5.41, 5.74) is 1.33. The second-order valence-electron chi connectivity index (χ2n) is 4.67.